The molecule has 0 radical (unpaired) electrons. The Balaban J connectivity index is 2.53. The predicted molar refractivity (Wildman–Crippen MR) is 117 cm³/mol. The molecule has 0 aliphatic rings. The van der Waals surface area contributed by atoms with Gasteiger partial charge in [0.2, 0.25) is 5.91 Å². The maximum atomic E-state index is 13.9. The second-order valence-electron chi connectivity index (χ2n) is 7.05. The molecule has 8 N–H and O–H groups in total. The van der Waals surface area contributed by atoms with Gasteiger partial charge < -0.3 is 22.3 Å². The third kappa shape index (κ3) is 6.13. The fraction of sp³-hybridized carbons (Fsp3) is 0.273. The Hall–Kier alpha value is -3.72. The van der Waals surface area contributed by atoms with E-state index in [9.17, 15) is 19.5 Å². The lowest BCUT2D eigenvalue weighted by Gasteiger charge is -2.33. The number of carbonyl (C=O) groups is 3. The average molecular weight is 425 g/mol. The molecule has 9 nitrogen and oxygen atoms in total. The Morgan fingerprint density at radius 2 is 1.45 bits per heavy atom. The van der Waals surface area contributed by atoms with E-state index in [0.717, 1.165) is 0 Å². The largest absolute Gasteiger partial charge is 0.480 e. The van der Waals surface area contributed by atoms with Crippen LogP contribution in [0.25, 0.3) is 0 Å². The number of aliphatic imine (C=N–C) groups is 1. The molecule has 0 aromatic heterocycles. The van der Waals surface area contributed by atoms with Crippen LogP contribution >= 0.6 is 0 Å². The lowest BCUT2D eigenvalue weighted by Crippen LogP contribution is -2.63. The Morgan fingerprint density at radius 1 is 0.935 bits per heavy atom. The molecule has 164 valence electrons. The molecule has 2 aromatic carbocycles. The van der Waals surface area contributed by atoms with Crippen LogP contribution in [-0.4, -0.2) is 47.4 Å². The number of nitrogens with zero attached hydrogens (tertiary/aromatic N) is 1. The highest BCUT2D eigenvalue weighted by Gasteiger charge is 2.47. The van der Waals surface area contributed by atoms with Gasteiger partial charge in [0.15, 0.2) is 17.3 Å². The fourth-order valence-electron chi connectivity index (χ4n) is 3.44. The van der Waals surface area contributed by atoms with Crippen LogP contribution in [0.3, 0.4) is 0 Å². The number of amides is 1. The summed E-state index contributed by atoms with van der Waals surface area (Å²) in [6.07, 6.45) is 0.164. The van der Waals surface area contributed by atoms with Crippen molar-refractivity contribution in [1.82, 2.24) is 5.32 Å². The highest BCUT2D eigenvalue weighted by atomic mass is 16.4. The van der Waals surface area contributed by atoms with Crippen molar-refractivity contribution in [2.75, 3.05) is 13.1 Å². The number of carboxylic acids is 1. The second-order valence-corrected chi connectivity index (χ2v) is 7.05. The van der Waals surface area contributed by atoms with Gasteiger partial charge >= 0.3 is 5.97 Å². The molecule has 0 unspecified atom stereocenters. The number of nitrogens with two attached hydrogens (primary N) is 3. The minimum atomic E-state index is -1.92. The van der Waals surface area contributed by atoms with Crippen LogP contribution in [0.2, 0.25) is 0 Å². The average Bonchev–Trinajstić information content (AvgIpc) is 2.74. The zero-order chi connectivity index (χ0) is 22.9. The van der Waals surface area contributed by atoms with Gasteiger partial charge in [0.25, 0.3) is 0 Å². The van der Waals surface area contributed by atoms with Crippen LogP contribution in [0.1, 0.15) is 29.9 Å². The number of rotatable bonds is 12. The number of hydrogen-bond acceptors (Lipinski definition) is 5. The van der Waals surface area contributed by atoms with E-state index in [1.807, 2.05) is 12.1 Å². The van der Waals surface area contributed by atoms with E-state index in [1.165, 1.54) is 0 Å². The number of guanidine groups is 1. The zero-order valence-electron chi connectivity index (χ0n) is 17.0. The number of nitrogens with one attached hydrogen (secondary N) is 1. The maximum absolute atomic E-state index is 13.9. The molecule has 0 spiro atoms. The standard InChI is InChI=1S/C22H27N5O4/c23-20(31)22(27-14-17(28)29,12-7-13-26-21(24)25)19(30)18(15-8-3-1-4-9-15)16-10-5-2-6-11-16/h1-6,8-11,18,27H,7,12-14H2,(H2,23,31)(H,28,29)(H4,24,25,26)/t22-/m1/s1. The molecule has 0 aliphatic heterocycles. The first kappa shape index (κ1) is 23.6. The van der Waals surface area contributed by atoms with Crippen molar-refractivity contribution in [3.05, 3.63) is 71.8 Å². The van der Waals surface area contributed by atoms with Crippen LogP contribution in [0.15, 0.2) is 65.7 Å². The summed E-state index contributed by atoms with van der Waals surface area (Å²) < 4.78 is 0. The number of hydrogen-bond donors (Lipinski definition) is 5. The van der Waals surface area contributed by atoms with E-state index in [-0.39, 0.29) is 25.3 Å². The number of primary amides is 1. The lowest BCUT2D eigenvalue weighted by atomic mass is 9.75. The van der Waals surface area contributed by atoms with E-state index in [0.29, 0.717) is 11.1 Å². The topological polar surface area (TPSA) is 174 Å². The molecule has 0 bridgehead atoms. The number of aliphatic carboxylic acids is 1. The van der Waals surface area contributed by atoms with Crippen molar-refractivity contribution >= 4 is 23.6 Å². The summed E-state index contributed by atoms with van der Waals surface area (Å²) in [4.78, 5) is 41.6. The molecule has 0 fully saturated rings. The van der Waals surface area contributed by atoms with E-state index >= 15 is 0 Å². The third-order valence-corrected chi connectivity index (χ3v) is 4.91. The van der Waals surface area contributed by atoms with Gasteiger partial charge in [-0.3, -0.25) is 24.7 Å². The first-order valence-corrected chi connectivity index (χ1v) is 9.74. The van der Waals surface area contributed by atoms with Crippen LogP contribution in [0, 0.1) is 0 Å². The first-order valence-electron chi connectivity index (χ1n) is 9.74. The minimum absolute atomic E-state index is 0.0681. The van der Waals surface area contributed by atoms with Gasteiger partial charge in [0.1, 0.15) is 0 Å². The monoisotopic (exact) mass is 425 g/mol. The van der Waals surface area contributed by atoms with Gasteiger partial charge in [0.05, 0.1) is 12.5 Å². The third-order valence-electron chi connectivity index (χ3n) is 4.91. The quantitative estimate of drug-likeness (QED) is 0.141. The summed E-state index contributed by atoms with van der Waals surface area (Å²) in [5, 5.41) is 11.8. The fourth-order valence-corrected chi connectivity index (χ4v) is 3.44. The summed E-state index contributed by atoms with van der Waals surface area (Å²) in [5.74, 6) is -3.68. The zero-order valence-corrected chi connectivity index (χ0v) is 17.0. The van der Waals surface area contributed by atoms with Gasteiger partial charge in [-0.1, -0.05) is 60.7 Å². The number of benzene rings is 2. The van der Waals surface area contributed by atoms with Gasteiger partial charge in [-0.05, 0) is 24.0 Å². The molecule has 9 heteroatoms. The Morgan fingerprint density at radius 3 is 1.87 bits per heavy atom. The van der Waals surface area contributed by atoms with Crippen LogP contribution in [0.5, 0.6) is 0 Å². The molecular formula is C22H27N5O4. The van der Waals surface area contributed by atoms with Crippen LogP contribution < -0.4 is 22.5 Å². The number of carbonyl (C=O) groups excluding carboxylic acids is 2. The number of carboxylic acid groups (broad SMARTS) is 1. The summed E-state index contributed by atoms with van der Waals surface area (Å²) in [7, 11) is 0. The molecule has 2 rings (SSSR count). The molecule has 0 saturated carbocycles. The van der Waals surface area contributed by atoms with Gasteiger partial charge in [0, 0.05) is 6.54 Å². The minimum Gasteiger partial charge on any atom is -0.480 e. The van der Waals surface area contributed by atoms with Crippen LogP contribution in [0.4, 0.5) is 0 Å². The first-order chi connectivity index (χ1) is 14.8. The van der Waals surface area contributed by atoms with Gasteiger partial charge in [-0.25, -0.2) is 0 Å². The summed E-state index contributed by atoms with van der Waals surface area (Å²) in [6, 6.07) is 17.9. The molecule has 0 aliphatic carbocycles. The van der Waals surface area contributed by atoms with E-state index in [1.54, 1.807) is 48.5 Å². The summed E-state index contributed by atoms with van der Waals surface area (Å²) >= 11 is 0. The highest BCUT2D eigenvalue weighted by molar-refractivity contribution is 6.13. The van der Waals surface area contributed by atoms with Crippen molar-refractivity contribution in [3.63, 3.8) is 0 Å². The Kier molecular flexibility index (Phi) is 8.27. The Bertz CT molecular complexity index is 890. The maximum Gasteiger partial charge on any atom is 0.317 e. The second kappa shape index (κ2) is 10.9. The molecule has 0 saturated heterocycles. The summed E-state index contributed by atoms with van der Waals surface area (Å²) in [6.45, 7) is -0.464. The van der Waals surface area contributed by atoms with Crippen molar-refractivity contribution < 1.29 is 19.5 Å². The number of Topliss-reactive ketones (excluding diaryl/α,β-unsaturated/α-hetero) is 1. The highest BCUT2D eigenvalue weighted by Crippen LogP contribution is 2.32. The SMILES string of the molecule is NC(=O)[C@](CCCN=C(N)N)(NCC(=O)O)C(=O)C(c1ccccc1)c1ccccc1. The molecule has 31 heavy (non-hydrogen) atoms. The molecule has 1 amide bonds. The predicted octanol–water partition coefficient (Wildman–Crippen LogP) is 0.340. The molecule has 2 aromatic rings. The molecule has 0 heterocycles. The van der Waals surface area contributed by atoms with Crippen molar-refractivity contribution in [2.45, 2.75) is 24.3 Å². The number of ketones is 1. The molecule has 1 atom stereocenters. The smallest absolute Gasteiger partial charge is 0.317 e. The summed E-state index contributed by atoms with van der Waals surface area (Å²) in [5.41, 5.74) is 15.8. The van der Waals surface area contributed by atoms with Gasteiger partial charge in [-0.15, -0.1) is 0 Å². The van der Waals surface area contributed by atoms with E-state index in [4.69, 9.17) is 17.2 Å². The molecular weight excluding hydrogens is 398 g/mol. The van der Waals surface area contributed by atoms with E-state index in [2.05, 4.69) is 10.3 Å². The van der Waals surface area contributed by atoms with E-state index < -0.39 is 35.7 Å². The van der Waals surface area contributed by atoms with Crippen molar-refractivity contribution in [1.29, 1.82) is 0 Å². The van der Waals surface area contributed by atoms with Gasteiger partial charge in [-0.2, -0.15) is 0 Å². The van der Waals surface area contributed by atoms with Crippen molar-refractivity contribution in [3.8, 4) is 0 Å². The van der Waals surface area contributed by atoms with Crippen LogP contribution in [-0.2, 0) is 14.4 Å². The van der Waals surface area contributed by atoms with Crippen molar-refractivity contribution in [2.24, 2.45) is 22.2 Å². The lowest BCUT2D eigenvalue weighted by molar-refractivity contribution is -0.139. The normalized spacial score (nSPS) is 12.7. The Labute approximate surface area is 180 Å².